The summed E-state index contributed by atoms with van der Waals surface area (Å²) in [5.41, 5.74) is 0. The summed E-state index contributed by atoms with van der Waals surface area (Å²) in [6.45, 7) is -0.239. The Morgan fingerprint density at radius 1 is 0.207 bits per heavy atom. The van der Waals surface area contributed by atoms with E-state index < -0.39 is 246 Å². The predicted octanol–water partition coefficient (Wildman–Crippen LogP) is -2.03. The van der Waals surface area contributed by atoms with E-state index in [-0.39, 0.29) is 52.8 Å². The Kier molecular flexibility index (Phi) is 38.5. The van der Waals surface area contributed by atoms with Crippen LogP contribution in [0.3, 0.4) is 0 Å². The van der Waals surface area contributed by atoms with Gasteiger partial charge in [0.15, 0.2) is 50.3 Å². The Labute approximate surface area is 679 Å². The molecule has 41 nitrogen and oxygen atoms in total. The van der Waals surface area contributed by atoms with Crippen LogP contribution in [0.4, 0.5) is 0 Å². The molecule has 0 spiro atoms. The summed E-state index contributed by atoms with van der Waals surface area (Å²) in [6, 6.07) is 0. The summed E-state index contributed by atoms with van der Waals surface area (Å²) in [4.78, 5) is 0. The van der Waals surface area contributed by atoms with Gasteiger partial charge in [-0.25, -0.2) is 9.13 Å². The molecule has 31 rings (SSSR count). The minimum Gasteiger partial charge on any atom is -0.382 e. The third-order valence-corrected chi connectivity index (χ3v) is 22.9. The van der Waals surface area contributed by atoms with E-state index in [2.05, 4.69) is 0 Å². The first-order valence-corrected chi connectivity index (χ1v) is 38.8. The van der Waals surface area contributed by atoms with Crippen LogP contribution in [-0.2, 0) is 198 Å². The van der Waals surface area contributed by atoms with Gasteiger partial charge >= 0.3 is 0 Å². The molecule has 0 radical (unpaired) electrons. The second-order valence-corrected chi connectivity index (χ2v) is 29.3. The van der Waals surface area contributed by atoms with Crippen molar-refractivity contribution in [3.63, 3.8) is 0 Å². The average Bonchev–Trinajstić information content (AvgIpc) is 0.774. The third-order valence-electron chi connectivity index (χ3n) is 22.9. The molecule has 41 heteroatoms. The number of nitrogens with zero attached hydrogens (tertiary/aromatic N) is 2. The topological polar surface area (TPSA) is 369 Å². The van der Waals surface area contributed by atoms with Gasteiger partial charge in [-0.1, -0.05) is 0 Å². The molecule has 0 saturated carbocycles. The van der Waals surface area contributed by atoms with Gasteiger partial charge < -0.3 is 185 Å². The summed E-state index contributed by atoms with van der Waals surface area (Å²) in [7, 11) is 36.7. The molecule has 16 bridgehead atoms. The van der Waals surface area contributed by atoms with Crippen molar-refractivity contribution in [1.29, 1.82) is 0 Å². The van der Waals surface area contributed by atoms with Crippen LogP contribution >= 0.6 is 0 Å². The minimum atomic E-state index is -1.25. The fourth-order valence-electron chi connectivity index (χ4n) is 17.6. The van der Waals surface area contributed by atoms with Crippen LogP contribution in [0.2, 0.25) is 0 Å². The molecule has 0 amide bonds. The lowest BCUT2D eigenvalue weighted by molar-refractivity contribution is -0.671. The van der Waals surface area contributed by atoms with Gasteiger partial charge in [0.25, 0.3) is 0 Å². The number of ether oxygens (including phenoxy) is 39. The molecule has 30 saturated heterocycles. The first-order chi connectivity index (χ1) is 56.4. The SMILES string of the molecule is COC[C@H]1O[C@@H]2O[C@H]3[C@H](OC)[C@@H](OC)[C@@H](O[C@H]4[C@H](OC)[C@@H](OC)[C@@H](O[C@H]5[C@H](OC)[C@@H](OC)[C@@H](O[C@H]6[C@H](OC)[C@@H](OC)[C@@H](O[C@H]7[C@H](OC)[C@@H](OC)[C@@H](O[C@H]8[C@H](OC)[C@@H](OC)[C@@H](O[C@H]9[C@H](OC)[C@@H](OC)[C@@H](O[C@H]1[C@H](OC)[C@H]2OC)O[C@@H]9COC)O[C@@H]8COC)O[C@@H]7COC)O[C@@H]6Cn1cc[n+](C)c1)O[C@@H]5COC)O[C@@H]4COC)O[C@@H]3COC. The van der Waals surface area contributed by atoms with Gasteiger partial charge in [0, 0.05) is 164 Å². The normalized spacial score (nSPS) is 44.9. The molecule has 40 atom stereocenters. The second-order valence-electron chi connectivity index (χ2n) is 29.3. The molecule has 0 aliphatic carbocycles. The fraction of sp³-hybridized carbons (Fsp3) is 0.960. The highest BCUT2D eigenvalue weighted by atomic mass is 16.8. The molecule has 1 aromatic heterocycles. The van der Waals surface area contributed by atoms with Gasteiger partial charge in [0.05, 0.1) is 53.3 Å². The zero-order valence-corrected chi connectivity index (χ0v) is 71.3. The highest BCUT2D eigenvalue weighted by Crippen LogP contribution is 2.44. The Balaban J connectivity index is 1.06. The van der Waals surface area contributed by atoms with Crippen LogP contribution in [-0.4, -0.2) is 460 Å². The maximum atomic E-state index is 7.26. The maximum absolute atomic E-state index is 7.26. The molecular formula is C75H131N2O39+. The lowest BCUT2D eigenvalue weighted by Gasteiger charge is -2.53. The number of imidazole rings is 1. The van der Waals surface area contributed by atoms with Crippen molar-refractivity contribution >= 4 is 0 Å². The quantitative estimate of drug-likeness (QED) is 0.0702. The smallest absolute Gasteiger partial charge is 0.243 e. The molecular weight excluding hydrogens is 1550 g/mol. The lowest BCUT2D eigenvalue weighted by Crippen LogP contribution is -2.70. The first-order valence-electron chi connectivity index (χ1n) is 38.8. The van der Waals surface area contributed by atoms with Crippen molar-refractivity contribution < 1.29 is 189 Å². The van der Waals surface area contributed by atoms with E-state index in [1.165, 1.54) is 164 Å². The van der Waals surface area contributed by atoms with Crippen LogP contribution in [0.1, 0.15) is 0 Å². The molecule has 30 aliphatic heterocycles. The van der Waals surface area contributed by atoms with Crippen molar-refractivity contribution in [3.05, 3.63) is 18.7 Å². The van der Waals surface area contributed by atoms with Gasteiger partial charge in [-0.3, -0.25) is 0 Å². The highest BCUT2D eigenvalue weighted by molar-refractivity contribution is 5.05. The van der Waals surface area contributed by atoms with E-state index in [1.807, 2.05) is 34.9 Å². The Morgan fingerprint density at radius 2 is 0.353 bits per heavy atom. The van der Waals surface area contributed by atoms with Gasteiger partial charge in [0.2, 0.25) is 6.33 Å². The van der Waals surface area contributed by atoms with E-state index in [0.717, 1.165) is 0 Å². The zero-order chi connectivity index (χ0) is 83.6. The fourth-order valence-corrected chi connectivity index (χ4v) is 17.6. The lowest BCUT2D eigenvalue weighted by atomic mass is 9.94. The third kappa shape index (κ3) is 20.9. The van der Waals surface area contributed by atoms with Gasteiger partial charge in [0.1, 0.15) is 214 Å². The second kappa shape index (κ2) is 46.6. The number of aryl methyl sites for hydroxylation is 1. The molecule has 0 aromatic carbocycles. The van der Waals surface area contributed by atoms with Crippen molar-refractivity contribution in [2.75, 3.05) is 210 Å². The van der Waals surface area contributed by atoms with Gasteiger partial charge in [-0.15, -0.1) is 0 Å². The van der Waals surface area contributed by atoms with Crippen LogP contribution in [0.5, 0.6) is 0 Å². The number of hydrogen-bond donors (Lipinski definition) is 0. The van der Waals surface area contributed by atoms with Crippen LogP contribution in [0, 0.1) is 0 Å². The van der Waals surface area contributed by atoms with Crippen molar-refractivity contribution in [3.8, 4) is 0 Å². The molecule has 0 N–H and O–H groups in total. The summed E-state index contributed by atoms with van der Waals surface area (Å²) in [6.07, 6.45) is -36.6. The Bertz CT molecular complexity index is 2900. The zero-order valence-electron chi connectivity index (χ0n) is 71.3. The van der Waals surface area contributed by atoms with Crippen LogP contribution in [0.25, 0.3) is 0 Å². The van der Waals surface area contributed by atoms with Crippen molar-refractivity contribution in [2.45, 2.75) is 252 Å². The van der Waals surface area contributed by atoms with E-state index >= 15 is 0 Å². The minimum absolute atomic E-state index is 0.0580. The van der Waals surface area contributed by atoms with Crippen molar-refractivity contribution in [2.24, 2.45) is 7.05 Å². The molecule has 674 valence electrons. The van der Waals surface area contributed by atoms with E-state index in [1.54, 1.807) is 0 Å². The summed E-state index contributed by atoms with van der Waals surface area (Å²) in [5.74, 6) is 0. The highest BCUT2D eigenvalue weighted by Gasteiger charge is 2.63. The molecule has 1 aromatic rings. The molecule has 0 unspecified atom stereocenters. The summed E-state index contributed by atoms with van der Waals surface area (Å²) in [5, 5.41) is 0. The van der Waals surface area contributed by atoms with Crippen LogP contribution in [0.15, 0.2) is 18.7 Å². The van der Waals surface area contributed by atoms with Crippen LogP contribution < -0.4 is 4.57 Å². The number of rotatable bonds is 32. The summed E-state index contributed by atoms with van der Waals surface area (Å²) < 4.78 is 260. The van der Waals surface area contributed by atoms with Gasteiger partial charge in [-0.05, 0) is 0 Å². The van der Waals surface area contributed by atoms with Gasteiger partial charge in [-0.2, -0.15) is 0 Å². The van der Waals surface area contributed by atoms with Crippen molar-refractivity contribution in [1.82, 2.24) is 4.57 Å². The largest absolute Gasteiger partial charge is 0.382 e. The molecule has 31 heterocycles. The Morgan fingerprint density at radius 3 is 0.483 bits per heavy atom. The monoisotopic (exact) mass is 1680 g/mol. The number of hydrogen-bond acceptors (Lipinski definition) is 39. The number of methoxy groups -OCH3 is 23. The Hall–Kier alpha value is -2.35. The van der Waals surface area contributed by atoms with E-state index in [9.17, 15) is 0 Å². The molecule has 30 aliphatic rings. The maximum Gasteiger partial charge on any atom is 0.243 e. The first kappa shape index (κ1) is 95.9. The summed E-state index contributed by atoms with van der Waals surface area (Å²) >= 11 is 0. The van der Waals surface area contributed by atoms with E-state index in [0.29, 0.717) is 0 Å². The van der Waals surface area contributed by atoms with E-state index in [4.69, 9.17) is 185 Å². The standard InChI is InChI=1S/C75H131N2O39/c1-76-25-26-77(35-76)27-36-44-52(85-9)60(93-17)68(101-36)110-45-37(28-78-2)103-70(62(95-19)53(45)86-10)112-47-39(30-80-4)105-72(64(97-21)55(47)88-12)114-49-41(32-82-6)107-74(66(99-23)57(49)90-14)116-51-43(34-84-8)108-75(67(100-24)59(51)92-16)115-50-42(33-83-7)106-73(65(98-22)58(50)91-15)113-48-40(31-81-5)104-71(63(96-20)56(48)89-13)111-46-38(29-79-3)102-69(109-44)61(94-18)54(46)87-11/h25-26,35-75H,27-34H2,1-24H3/q+1/t36-,37-,38-,39-,40-,41-,42-,43-,44-,45-,46-,47-,48-,49-,50-,51-,52+,53+,54+,55+,56+,57+,58+,59+,60-,61-,62-,63-,64-,65-,66-,67-,68-,69-,70-,71-,72-,73-,74-,75-/m1/s1. The average molecular weight is 1680 g/mol. The molecule has 30 fully saturated rings. The number of aromatic nitrogens is 2. The predicted molar refractivity (Wildman–Crippen MR) is 390 cm³/mol. The molecule has 116 heavy (non-hydrogen) atoms.